The Morgan fingerprint density at radius 3 is 1.75 bits per heavy atom. The summed E-state index contributed by atoms with van der Waals surface area (Å²) in [6.45, 7) is 4.04. The van der Waals surface area contributed by atoms with Crippen LogP contribution in [0.1, 0.15) is 68.2 Å². The maximum atomic E-state index is 12.6. The number of nitrogens with one attached hydrogen (secondary N) is 2. The third kappa shape index (κ3) is 6.51. The van der Waals surface area contributed by atoms with Crippen LogP contribution in [0.15, 0.2) is 78.9 Å². The number of rotatable bonds is 6. The molecule has 0 unspecified atom stereocenters. The largest absolute Gasteiger partial charge is 0.465 e. The highest BCUT2D eigenvalue weighted by Gasteiger charge is 2.29. The summed E-state index contributed by atoms with van der Waals surface area (Å²) in [4.78, 5) is 41.5. The van der Waals surface area contributed by atoms with Crippen LogP contribution in [0.25, 0.3) is 0 Å². The molecule has 1 heterocycles. The monoisotopic (exact) mass is 540 g/mol. The molecule has 1 aliphatic carbocycles. The molecular formula is C32H36N4O4. The van der Waals surface area contributed by atoms with E-state index in [1.165, 1.54) is 62.6 Å². The van der Waals surface area contributed by atoms with Crippen molar-refractivity contribution in [3.63, 3.8) is 0 Å². The summed E-state index contributed by atoms with van der Waals surface area (Å²) in [7, 11) is 1.30. The minimum Gasteiger partial charge on any atom is -0.465 e. The number of hydrogen-bond acceptors (Lipinski definition) is 6. The zero-order chi connectivity index (χ0) is 27.9. The van der Waals surface area contributed by atoms with Crippen LogP contribution in [-0.4, -0.2) is 62.0 Å². The molecule has 0 radical (unpaired) electrons. The maximum Gasteiger partial charge on any atom is 0.337 e. The normalized spacial score (nSPS) is 19.5. The number of benzene rings is 3. The van der Waals surface area contributed by atoms with Gasteiger partial charge in [0.15, 0.2) is 0 Å². The fourth-order valence-electron chi connectivity index (χ4n) is 5.80. The topological polar surface area (TPSA) is 91.0 Å². The molecule has 40 heavy (non-hydrogen) atoms. The van der Waals surface area contributed by atoms with Gasteiger partial charge in [-0.1, -0.05) is 30.3 Å². The van der Waals surface area contributed by atoms with Crippen LogP contribution in [0.3, 0.4) is 0 Å². The summed E-state index contributed by atoms with van der Waals surface area (Å²) in [6, 6.07) is 25.1. The Bertz CT molecular complexity index is 1300. The van der Waals surface area contributed by atoms with Gasteiger partial charge in [0.1, 0.15) is 0 Å². The van der Waals surface area contributed by atoms with Gasteiger partial charge in [-0.2, -0.15) is 0 Å². The van der Waals surface area contributed by atoms with E-state index in [4.69, 9.17) is 0 Å². The van der Waals surface area contributed by atoms with Gasteiger partial charge in [0, 0.05) is 49.0 Å². The summed E-state index contributed by atoms with van der Waals surface area (Å²) in [5.41, 5.74) is 8.56. The fraction of sp³-hybridized carbons (Fsp3) is 0.344. The average molecular weight is 541 g/mol. The number of carbonyl (C=O) groups is 3. The smallest absolute Gasteiger partial charge is 0.337 e. The Hall–Kier alpha value is -4.17. The van der Waals surface area contributed by atoms with E-state index in [2.05, 4.69) is 55.7 Å². The highest BCUT2D eigenvalue weighted by atomic mass is 16.5. The Labute approximate surface area is 235 Å². The van der Waals surface area contributed by atoms with Gasteiger partial charge in [-0.3, -0.25) is 25.3 Å². The molecule has 5 rings (SSSR count). The maximum absolute atomic E-state index is 12.6. The Balaban J connectivity index is 1.06. The number of piperazine rings is 1. The van der Waals surface area contributed by atoms with Crippen molar-refractivity contribution in [2.45, 2.75) is 37.6 Å². The van der Waals surface area contributed by atoms with Gasteiger partial charge in [-0.05, 0) is 85.7 Å². The van der Waals surface area contributed by atoms with Gasteiger partial charge in [-0.25, -0.2) is 4.79 Å². The molecule has 1 saturated carbocycles. The molecule has 2 amide bonds. The standard InChI is InChI=1S/C32H36N4O4/c1-40-32(39)27-9-7-25(8-10-27)30(37)33-34-31(38)26-13-17-29(18-14-26)36-21-19-35(20-22-36)28-15-11-24(12-16-28)23-5-3-2-4-6-23/h2-10,13-14,17-18,24,28H,11-12,15-16,19-22H2,1H3,(H,33,37)(H,34,38). The molecular weight excluding hydrogens is 504 g/mol. The van der Waals surface area contributed by atoms with E-state index >= 15 is 0 Å². The van der Waals surface area contributed by atoms with Crippen molar-refractivity contribution >= 4 is 23.5 Å². The third-order valence-electron chi connectivity index (χ3n) is 8.15. The van der Waals surface area contributed by atoms with Gasteiger partial charge in [0.2, 0.25) is 0 Å². The summed E-state index contributed by atoms with van der Waals surface area (Å²) in [5.74, 6) is -0.663. The lowest BCUT2D eigenvalue weighted by atomic mass is 9.81. The van der Waals surface area contributed by atoms with Gasteiger partial charge in [0.25, 0.3) is 11.8 Å². The second kappa shape index (κ2) is 12.8. The predicted molar refractivity (Wildman–Crippen MR) is 154 cm³/mol. The van der Waals surface area contributed by atoms with Crippen molar-refractivity contribution in [3.8, 4) is 0 Å². The Morgan fingerprint density at radius 2 is 1.20 bits per heavy atom. The van der Waals surface area contributed by atoms with E-state index in [-0.39, 0.29) is 0 Å². The van der Waals surface area contributed by atoms with Crippen LogP contribution >= 0.6 is 0 Å². The van der Waals surface area contributed by atoms with Crippen LogP contribution in [0, 0.1) is 0 Å². The number of ether oxygens (including phenoxy) is 1. The van der Waals surface area contributed by atoms with Gasteiger partial charge in [0.05, 0.1) is 12.7 Å². The number of carbonyl (C=O) groups excluding carboxylic acids is 3. The van der Waals surface area contributed by atoms with Gasteiger partial charge >= 0.3 is 5.97 Å². The van der Waals surface area contributed by atoms with E-state index in [9.17, 15) is 14.4 Å². The Morgan fingerprint density at radius 1 is 0.675 bits per heavy atom. The Kier molecular flexibility index (Phi) is 8.76. The third-order valence-corrected chi connectivity index (χ3v) is 8.15. The zero-order valence-corrected chi connectivity index (χ0v) is 22.8. The average Bonchev–Trinajstić information content (AvgIpc) is 3.04. The summed E-state index contributed by atoms with van der Waals surface area (Å²) >= 11 is 0. The summed E-state index contributed by atoms with van der Waals surface area (Å²) in [6.07, 6.45) is 5.05. The van der Waals surface area contributed by atoms with E-state index in [0.717, 1.165) is 31.9 Å². The minimum atomic E-state index is -0.480. The summed E-state index contributed by atoms with van der Waals surface area (Å²) in [5, 5.41) is 0. The van der Waals surface area contributed by atoms with Crippen molar-refractivity contribution in [2.75, 3.05) is 38.2 Å². The molecule has 0 spiro atoms. The first-order valence-electron chi connectivity index (χ1n) is 13.9. The lowest BCUT2D eigenvalue weighted by Gasteiger charge is -2.42. The molecule has 3 aromatic rings. The lowest BCUT2D eigenvalue weighted by Crippen LogP contribution is -2.51. The highest BCUT2D eigenvalue weighted by molar-refractivity contribution is 5.99. The summed E-state index contributed by atoms with van der Waals surface area (Å²) < 4.78 is 4.66. The molecule has 1 saturated heterocycles. The van der Waals surface area contributed by atoms with E-state index in [1.807, 2.05) is 12.1 Å². The number of hydrogen-bond donors (Lipinski definition) is 2. The minimum absolute atomic E-state index is 0.312. The first-order valence-corrected chi connectivity index (χ1v) is 13.9. The molecule has 0 aromatic heterocycles. The number of anilines is 1. The molecule has 0 bridgehead atoms. The van der Waals surface area contributed by atoms with E-state index < -0.39 is 17.8 Å². The fourth-order valence-corrected chi connectivity index (χ4v) is 5.80. The van der Waals surface area contributed by atoms with Gasteiger partial charge < -0.3 is 9.64 Å². The zero-order valence-electron chi connectivity index (χ0n) is 22.8. The molecule has 2 aliphatic rings. The first kappa shape index (κ1) is 27.4. The second-order valence-corrected chi connectivity index (χ2v) is 10.5. The van der Waals surface area contributed by atoms with E-state index in [1.54, 1.807) is 12.1 Å². The van der Waals surface area contributed by atoms with Crippen molar-refractivity contribution in [3.05, 3.63) is 101 Å². The quantitative estimate of drug-likeness (QED) is 0.356. The van der Waals surface area contributed by atoms with Crippen molar-refractivity contribution < 1.29 is 19.1 Å². The number of esters is 1. The second-order valence-electron chi connectivity index (χ2n) is 10.5. The number of hydrazine groups is 1. The van der Waals surface area contributed by atoms with E-state index in [0.29, 0.717) is 28.7 Å². The van der Waals surface area contributed by atoms with Crippen molar-refractivity contribution in [2.24, 2.45) is 0 Å². The first-order chi connectivity index (χ1) is 19.5. The van der Waals surface area contributed by atoms with Crippen LogP contribution in [0.4, 0.5) is 5.69 Å². The molecule has 208 valence electrons. The van der Waals surface area contributed by atoms with Crippen molar-refractivity contribution in [1.82, 2.24) is 15.8 Å². The highest BCUT2D eigenvalue weighted by Crippen LogP contribution is 2.35. The molecule has 3 aromatic carbocycles. The molecule has 0 atom stereocenters. The lowest BCUT2D eigenvalue weighted by molar-refractivity contribution is 0.0600. The molecule has 8 nitrogen and oxygen atoms in total. The predicted octanol–water partition coefficient (Wildman–Crippen LogP) is 4.40. The number of nitrogens with zero attached hydrogens (tertiary/aromatic N) is 2. The SMILES string of the molecule is COC(=O)c1ccc(C(=O)NNC(=O)c2ccc(N3CCN(C4CCC(c5ccccc5)CC4)CC3)cc2)cc1. The molecule has 2 fully saturated rings. The van der Waals surface area contributed by atoms with Crippen LogP contribution in [0.2, 0.25) is 0 Å². The molecule has 2 N–H and O–H groups in total. The molecule has 8 heteroatoms. The van der Waals surface area contributed by atoms with Crippen molar-refractivity contribution in [1.29, 1.82) is 0 Å². The van der Waals surface area contributed by atoms with Crippen LogP contribution in [-0.2, 0) is 4.74 Å². The van der Waals surface area contributed by atoms with Crippen LogP contribution in [0.5, 0.6) is 0 Å². The van der Waals surface area contributed by atoms with Gasteiger partial charge in [-0.15, -0.1) is 0 Å². The number of amides is 2. The number of methoxy groups -OCH3 is 1. The van der Waals surface area contributed by atoms with Crippen LogP contribution < -0.4 is 15.8 Å². The molecule has 1 aliphatic heterocycles.